The first kappa shape index (κ1) is 79.4. The fourth-order valence-corrected chi connectivity index (χ4v) is 27.3. The van der Waals surface area contributed by atoms with Gasteiger partial charge >= 0.3 is 0 Å². The van der Waals surface area contributed by atoms with Gasteiger partial charge < -0.3 is 27.0 Å². The first-order valence-electron chi connectivity index (χ1n) is 47.2. The molecule has 9 saturated heterocycles. The van der Waals surface area contributed by atoms with Crippen molar-refractivity contribution in [2.75, 3.05) is 50.7 Å². The minimum Gasteiger partial charge on any atom is -0.437 e. The number of hydrogen-bond acceptors (Lipinski definition) is 15. The molecule has 642 valence electrons. The van der Waals surface area contributed by atoms with Crippen LogP contribution in [0.2, 0.25) is 0 Å². The number of aryl methyl sites for hydroxylation is 10. The molecule has 10 aliphatic heterocycles. The number of aromatic nitrogens is 5. The maximum Gasteiger partial charge on any atom is 0.227 e. The molecule has 21 atom stereocenters. The molecule has 21 unspecified atom stereocenters. The summed E-state index contributed by atoms with van der Waals surface area (Å²) in [7, 11) is 0. The molecule has 0 N–H and O–H groups in total. The Kier molecular flexibility index (Phi) is 18.5. The molecule has 125 heavy (non-hydrogen) atoms. The lowest BCUT2D eigenvalue weighted by atomic mass is 9.63. The molecule has 15 nitrogen and oxygen atoms in total. The highest BCUT2D eigenvalue weighted by Gasteiger charge is 2.62. The summed E-state index contributed by atoms with van der Waals surface area (Å²) >= 11 is 0. The molecule has 0 amide bonds. The number of para-hydroxylation sites is 1. The van der Waals surface area contributed by atoms with Crippen molar-refractivity contribution in [3.05, 3.63) is 235 Å². The predicted octanol–water partition coefficient (Wildman–Crippen LogP) is 25.5. The van der Waals surface area contributed by atoms with E-state index in [4.69, 9.17) is 22.1 Å². The number of nitrogens with zero attached hydrogens (tertiary/aromatic N) is 10. The van der Waals surface area contributed by atoms with Gasteiger partial charge in [-0.3, -0.25) is 19.6 Å². The van der Waals surface area contributed by atoms with Gasteiger partial charge in [0.05, 0.1) is 0 Å². The Morgan fingerprint density at radius 3 is 1.18 bits per heavy atom. The summed E-state index contributed by atoms with van der Waals surface area (Å²) < 4.78 is 41.2. The van der Waals surface area contributed by atoms with Gasteiger partial charge in [0.25, 0.3) is 0 Å². The molecule has 0 radical (unpaired) electrons. The highest BCUT2D eigenvalue weighted by Crippen LogP contribution is 2.63. The summed E-state index contributed by atoms with van der Waals surface area (Å²) in [5.41, 5.74) is 30.7. The third-order valence-corrected chi connectivity index (χ3v) is 33.9. The molecule has 26 rings (SSSR count). The normalized spacial score (nSPS) is 31.2. The van der Waals surface area contributed by atoms with E-state index in [-0.39, 0.29) is 17.5 Å². The van der Waals surface area contributed by atoms with Gasteiger partial charge in [-0.25, -0.2) is 24.9 Å². The fraction of sp³-hybridized carbons (Fsp3) is 0.445. The van der Waals surface area contributed by atoms with Crippen LogP contribution in [0, 0.1) is 97.8 Å². The lowest BCUT2D eigenvalue weighted by Crippen LogP contribution is -2.45. The topological polar surface area (TPSA) is 146 Å². The van der Waals surface area contributed by atoms with E-state index in [0.29, 0.717) is 82.3 Å². The molecule has 9 fully saturated rings. The van der Waals surface area contributed by atoms with E-state index in [1.54, 1.807) is 0 Å². The van der Waals surface area contributed by atoms with Crippen LogP contribution < -0.4 is 4.90 Å². The average molecular weight is 1670 g/mol. The van der Waals surface area contributed by atoms with Crippen molar-refractivity contribution in [2.45, 2.75) is 242 Å². The highest BCUT2D eigenvalue weighted by molar-refractivity contribution is 6.09. The van der Waals surface area contributed by atoms with Gasteiger partial charge in [-0.05, 0) is 292 Å². The van der Waals surface area contributed by atoms with E-state index in [0.717, 1.165) is 130 Å². The Labute approximate surface area is 736 Å². The first-order valence-corrected chi connectivity index (χ1v) is 46.7. The van der Waals surface area contributed by atoms with Crippen molar-refractivity contribution >= 4 is 116 Å². The van der Waals surface area contributed by atoms with Crippen LogP contribution in [0.5, 0.6) is 0 Å². The van der Waals surface area contributed by atoms with Gasteiger partial charge in [0, 0.05) is 221 Å². The summed E-state index contributed by atoms with van der Waals surface area (Å²) in [5.74, 6) is 3.72. The molecule has 10 aromatic heterocycles. The van der Waals surface area contributed by atoms with Crippen molar-refractivity contribution in [3.63, 3.8) is 0 Å². The van der Waals surface area contributed by atoms with Crippen molar-refractivity contribution in [2.24, 2.45) is 28.6 Å². The standard InChI is InChI=1S/C24H22N2O.C23H28N2O.C22H26N2O.C21H24N2O.C20H22N2O/c1-13-8-10-17-18-11-9-14(2)25-24(18)27-23(17)21(13)22-15(3)26-12-19(22)16-6-4-5-7-20(16)26;1-12-7-9-17-18-10-8-13(2)24-22(18)26-21(17)19(12)20-16(5)25-11-23(20,6)14(3)15(25)4;1-12-6-8-15-16-9-7-13(2)23-21(16)25-20(15)18(12)19-14(3)24-11-10-17(19)22(24,4)5;1-12-5-7-15-16-8-6-13(2)22-20(16)24-19(15)17(12)18-14(3)23-10-9-21(18,4)11-23;1-11-4-6-15-16-7-5-12(2)21-20(16)23-19(15)17(11)18-13(3)22-9-8-14(18)10-22/h4-11,15,19,22H,12H2,1-3H3;7-10,14-16,20H,11H2,1-6H3;6-9,14,17,19H,10-11H2,1-5H3;5-8,14,18H,9-11H2,1-4H3;4-7,13-14,18H,8-10H2,1-3H3/i19D;;;;. The maximum absolute atomic E-state index is 9.52. The lowest BCUT2D eigenvalue weighted by molar-refractivity contribution is 0.112. The van der Waals surface area contributed by atoms with Crippen LogP contribution in [0.4, 0.5) is 5.69 Å². The lowest BCUT2D eigenvalue weighted by Gasteiger charge is -2.44. The van der Waals surface area contributed by atoms with Gasteiger partial charge in [-0.2, -0.15) is 0 Å². The molecule has 10 bridgehead atoms. The molecule has 16 aromatic rings. The second-order valence-corrected chi connectivity index (χ2v) is 41.1. The molecular weight excluding hydrogens is 1540 g/mol. The first-order chi connectivity index (χ1) is 60.3. The SMILES string of the molecule is Cc1ccc2c(n1)oc1c(C3C(C)N4CC3(C)C(C)C4C)c(C)ccc12.Cc1ccc2c(n1)oc1c(C3C(C)N4CCC3(C)C4)c(C)ccc12.Cc1ccc2c(n1)oc1c(C3C(C)N4CCC3C4(C)C)c(C)ccc12.Cc1ccc2c(n1)oc1c(C3C4CCN(C4)C3C)c(C)ccc12.[2H]C12CN(c3ccccc31)C(C)C2c1c(C)ccc2c1oc1nc(C)ccc12. The van der Waals surface area contributed by atoms with Gasteiger partial charge in [0.1, 0.15) is 27.9 Å². The number of piperidine rings is 4. The third-order valence-electron chi connectivity index (χ3n) is 33.9. The second-order valence-electron chi connectivity index (χ2n) is 41.1. The Bertz CT molecular complexity index is 7170. The number of furan rings is 5. The second kappa shape index (κ2) is 29.1. The predicted molar refractivity (Wildman–Crippen MR) is 509 cm³/mol. The number of benzene rings is 6. The van der Waals surface area contributed by atoms with E-state index >= 15 is 0 Å². The quantitative estimate of drug-likeness (QED) is 0.161. The summed E-state index contributed by atoms with van der Waals surface area (Å²) in [4.78, 5) is 36.2. The molecule has 0 spiro atoms. The average Bonchev–Trinajstić information content (AvgIpc) is 1.55. The highest BCUT2D eigenvalue weighted by atomic mass is 16.4. The smallest absolute Gasteiger partial charge is 0.227 e. The zero-order valence-electron chi connectivity index (χ0n) is 78.0. The Morgan fingerprint density at radius 1 is 0.360 bits per heavy atom. The Morgan fingerprint density at radius 2 is 0.768 bits per heavy atom. The maximum atomic E-state index is 9.52. The Hall–Kier alpha value is -10.3. The number of rotatable bonds is 5. The van der Waals surface area contributed by atoms with Crippen LogP contribution in [0.15, 0.2) is 168 Å². The summed E-state index contributed by atoms with van der Waals surface area (Å²) in [5, 5.41) is 11.6. The van der Waals surface area contributed by atoms with Gasteiger partial charge in [-0.1, -0.05) is 99.6 Å². The van der Waals surface area contributed by atoms with E-state index < -0.39 is 5.89 Å². The summed E-state index contributed by atoms with van der Waals surface area (Å²) in [6, 6.07) is 54.9. The number of fused-ring (bicyclic) bond motifs is 28. The van der Waals surface area contributed by atoms with Crippen LogP contribution in [0.3, 0.4) is 0 Å². The van der Waals surface area contributed by atoms with Gasteiger partial charge in [0.2, 0.25) is 28.6 Å². The molecule has 20 heterocycles. The Balaban J connectivity index is 0.0000000933. The zero-order valence-corrected chi connectivity index (χ0v) is 77.0. The summed E-state index contributed by atoms with van der Waals surface area (Å²) in [6.45, 7) is 55.7. The largest absolute Gasteiger partial charge is 0.437 e. The van der Waals surface area contributed by atoms with Crippen molar-refractivity contribution in [3.8, 4) is 0 Å². The van der Waals surface area contributed by atoms with Crippen LogP contribution in [0.1, 0.15) is 222 Å². The van der Waals surface area contributed by atoms with Crippen LogP contribution in [0.25, 0.3) is 110 Å². The fourth-order valence-electron chi connectivity index (χ4n) is 27.3. The minimum atomic E-state index is -0.655. The molecule has 0 aliphatic carbocycles. The van der Waals surface area contributed by atoms with Crippen molar-refractivity contribution in [1.82, 2.24) is 44.5 Å². The van der Waals surface area contributed by atoms with Crippen LogP contribution >= 0.6 is 0 Å². The van der Waals surface area contributed by atoms with Crippen LogP contribution in [-0.2, 0) is 0 Å². The van der Waals surface area contributed by atoms with E-state index in [2.05, 4.69) is 300 Å². The third kappa shape index (κ3) is 12.1. The van der Waals surface area contributed by atoms with E-state index in [1.807, 2.05) is 40.7 Å². The molecule has 10 aliphatic rings. The van der Waals surface area contributed by atoms with E-state index in [1.165, 1.54) is 141 Å². The molecular formula is C110H122N10O5. The number of pyridine rings is 5. The van der Waals surface area contributed by atoms with Crippen molar-refractivity contribution in [1.29, 1.82) is 0 Å². The van der Waals surface area contributed by atoms with E-state index in [9.17, 15) is 1.37 Å². The van der Waals surface area contributed by atoms with Crippen LogP contribution in [-0.4, -0.2) is 132 Å². The van der Waals surface area contributed by atoms with Gasteiger partial charge in [0.15, 0.2) is 0 Å². The molecule has 0 saturated carbocycles. The monoisotopic (exact) mass is 1660 g/mol. The molecule has 6 aromatic carbocycles. The zero-order chi connectivity index (χ0) is 87.4. The van der Waals surface area contributed by atoms with Crippen molar-refractivity contribution < 1.29 is 23.5 Å². The minimum absolute atomic E-state index is 0.0627. The number of anilines is 1. The number of hydrogen-bond donors (Lipinski definition) is 0. The summed E-state index contributed by atoms with van der Waals surface area (Å²) in [6.07, 6.45) is 3.90. The molecule has 15 heteroatoms. The van der Waals surface area contributed by atoms with Gasteiger partial charge in [-0.15, -0.1) is 0 Å².